The second-order valence-corrected chi connectivity index (χ2v) is 5.67. The molecule has 1 atom stereocenters. The second-order valence-electron chi connectivity index (χ2n) is 4.88. The minimum atomic E-state index is -0.372. The Morgan fingerprint density at radius 3 is 2.74 bits per heavy atom. The summed E-state index contributed by atoms with van der Waals surface area (Å²) in [5.41, 5.74) is 1.02. The van der Waals surface area contributed by atoms with Crippen molar-refractivity contribution in [2.24, 2.45) is 0 Å². The molecule has 0 aliphatic rings. The van der Waals surface area contributed by atoms with E-state index in [9.17, 15) is 10.1 Å². The van der Waals surface area contributed by atoms with Gasteiger partial charge < -0.3 is 10.2 Å². The van der Waals surface area contributed by atoms with E-state index in [1.54, 1.807) is 6.07 Å². The average molecular weight is 330 g/mol. The molecule has 0 fully saturated rings. The van der Waals surface area contributed by atoms with Crippen molar-refractivity contribution < 1.29 is 4.92 Å². The highest BCUT2D eigenvalue weighted by Gasteiger charge is 2.14. The van der Waals surface area contributed by atoms with Gasteiger partial charge in [0.25, 0.3) is 5.69 Å². The van der Waals surface area contributed by atoms with Crippen LogP contribution in [0.5, 0.6) is 0 Å². The lowest BCUT2D eigenvalue weighted by atomic mass is 10.1. The van der Waals surface area contributed by atoms with Crippen LogP contribution in [0.4, 0.5) is 5.69 Å². The van der Waals surface area contributed by atoms with Crippen molar-refractivity contribution >= 4 is 21.6 Å². The van der Waals surface area contributed by atoms with Crippen LogP contribution in [0.1, 0.15) is 18.9 Å². The summed E-state index contributed by atoms with van der Waals surface area (Å²) in [6.45, 7) is 3.76. The molecule has 1 rings (SSSR count). The standard InChI is InChI=1S/C13H20BrN3O2/c1-10(7-8-16(2)3)15-9-11-5-4-6-12(13(11)14)17(18)19/h4-6,10,15H,7-9H2,1-3H3. The number of nitro benzene ring substituents is 1. The van der Waals surface area contributed by atoms with Crippen molar-refractivity contribution in [2.45, 2.75) is 25.9 Å². The molecule has 0 spiro atoms. The van der Waals surface area contributed by atoms with Crippen LogP contribution >= 0.6 is 15.9 Å². The smallest absolute Gasteiger partial charge is 0.283 e. The van der Waals surface area contributed by atoms with Gasteiger partial charge in [-0.3, -0.25) is 10.1 Å². The lowest BCUT2D eigenvalue weighted by Gasteiger charge is -2.17. The molecule has 0 saturated carbocycles. The van der Waals surface area contributed by atoms with Crippen molar-refractivity contribution in [1.29, 1.82) is 0 Å². The monoisotopic (exact) mass is 329 g/mol. The number of nitrogens with zero attached hydrogens (tertiary/aromatic N) is 2. The lowest BCUT2D eigenvalue weighted by molar-refractivity contribution is -0.385. The third-order valence-electron chi connectivity index (χ3n) is 2.91. The fourth-order valence-corrected chi connectivity index (χ4v) is 2.23. The Bertz CT molecular complexity index is 438. The van der Waals surface area contributed by atoms with Crippen molar-refractivity contribution in [2.75, 3.05) is 20.6 Å². The normalized spacial score (nSPS) is 12.7. The maximum absolute atomic E-state index is 10.8. The molecule has 1 aromatic rings. The van der Waals surface area contributed by atoms with Gasteiger partial charge >= 0.3 is 0 Å². The number of hydrogen-bond donors (Lipinski definition) is 1. The fourth-order valence-electron chi connectivity index (χ4n) is 1.68. The number of nitro groups is 1. The van der Waals surface area contributed by atoms with Gasteiger partial charge in [0, 0.05) is 18.7 Å². The van der Waals surface area contributed by atoms with Crippen molar-refractivity contribution in [3.8, 4) is 0 Å². The zero-order valence-electron chi connectivity index (χ0n) is 11.5. The molecular formula is C13H20BrN3O2. The zero-order chi connectivity index (χ0) is 14.4. The van der Waals surface area contributed by atoms with E-state index in [0.29, 0.717) is 17.1 Å². The van der Waals surface area contributed by atoms with Gasteiger partial charge in [0.2, 0.25) is 0 Å². The van der Waals surface area contributed by atoms with Crippen LogP contribution in [0.3, 0.4) is 0 Å². The number of rotatable bonds is 7. The molecule has 0 aromatic heterocycles. The largest absolute Gasteiger partial charge is 0.310 e. The molecule has 1 N–H and O–H groups in total. The molecule has 1 unspecified atom stereocenters. The third-order valence-corrected chi connectivity index (χ3v) is 3.82. The van der Waals surface area contributed by atoms with E-state index in [4.69, 9.17) is 0 Å². The van der Waals surface area contributed by atoms with Gasteiger partial charge in [-0.05, 0) is 55.5 Å². The molecule has 5 nitrogen and oxygen atoms in total. The molecule has 0 saturated heterocycles. The number of nitrogens with one attached hydrogen (secondary N) is 1. The van der Waals surface area contributed by atoms with Crippen LogP contribution < -0.4 is 5.32 Å². The third kappa shape index (κ3) is 5.26. The highest BCUT2D eigenvalue weighted by atomic mass is 79.9. The van der Waals surface area contributed by atoms with Crippen LogP contribution in [0, 0.1) is 10.1 Å². The van der Waals surface area contributed by atoms with Crippen LogP contribution in [0.2, 0.25) is 0 Å². The topological polar surface area (TPSA) is 58.4 Å². The Balaban J connectivity index is 2.58. The van der Waals surface area contributed by atoms with Gasteiger partial charge in [0.1, 0.15) is 0 Å². The van der Waals surface area contributed by atoms with Crippen LogP contribution in [0.25, 0.3) is 0 Å². The first-order chi connectivity index (χ1) is 8.91. The predicted molar refractivity (Wildman–Crippen MR) is 80.3 cm³/mol. The first-order valence-electron chi connectivity index (χ1n) is 6.21. The SMILES string of the molecule is CC(CCN(C)C)NCc1cccc([N+](=O)[O-])c1Br. The fraction of sp³-hybridized carbons (Fsp3) is 0.538. The summed E-state index contributed by atoms with van der Waals surface area (Å²) in [6.07, 6.45) is 1.04. The summed E-state index contributed by atoms with van der Waals surface area (Å²) in [6, 6.07) is 5.48. The molecule has 1 aromatic carbocycles. The molecule has 0 aliphatic heterocycles. The Morgan fingerprint density at radius 2 is 2.16 bits per heavy atom. The van der Waals surface area contributed by atoms with E-state index >= 15 is 0 Å². The Kier molecular flexibility index (Phi) is 6.41. The summed E-state index contributed by atoms with van der Waals surface area (Å²) in [7, 11) is 4.09. The maximum Gasteiger partial charge on any atom is 0.283 e. The molecule has 6 heteroatoms. The van der Waals surface area contributed by atoms with Crippen molar-refractivity contribution in [3.05, 3.63) is 38.3 Å². The van der Waals surface area contributed by atoms with Crippen LogP contribution in [0.15, 0.2) is 22.7 Å². The quantitative estimate of drug-likeness (QED) is 0.617. The summed E-state index contributed by atoms with van der Waals surface area (Å²) < 4.78 is 0.562. The summed E-state index contributed by atoms with van der Waals surface area (Å²) >= 11 is 3.30. The first-order valence-corrected chi connectivity index (χ1v) is 7.01. The predicted octanol–water partition coefficient (Wildman–Crippen LogP) is 2.79. The number of halogens is 1. The van der Waals surface area contributed by atoms with Gasteiger partial charge in [0.15, 0.2) is 0 Å². The van der Waals surface area contributed by atoms with E-state index in [2.05, 4.69) is 33.1 Å². The minimum absolute atomic E-state index is 0.111. The van der Waals surface area contributed by atoms with Gasteiger partial charge in [-0.25, -0.2) is 0 Å². The Morgan fingerprint density at radius 1 is 1.47 bits per heavy atom. The molecule has 0 amide bonds. The highest BCUT2D eigenvalue weighted by molar-refractivity contribution is 9.10. The van der Waals surface area contributed by atoms with E-state index in [1.807, 2.05) is 20.2 Å². The molecule has 0 aliphatic carbocycles. The average Bonchev–Trinajstić information content (AvgIpc) is 2.34. The maximum atomic E-state index is 10.8. The highest BCUT2D eigenvalue weighted by Crippen LogP contribution is 2.28. The molecule has 0 radical (unpaired) electrons. The number of hydrogen-bond acceptors (Lipinski definition) is 4. The summed E-state index contributed by atoms with van der Waals surface area (Å²) in [4.78, 5) is 12.6. The van der Waals surface area contributed by atoms with E-state index < -0.39 is 0 Å². The van der Waals surface area contributed by atoms with Gasteiger partial charge in [0.05, 0.1) is 9.40 Å². The first kappa shape index (κ1) is 16.1. The van der Waals surface area contributed by atoms with Gasteiger partial charge in [-0.15, -0.1) is 0 Å². The zero-order valence-corrected chi connectivity index (χ0v) is 13.1. The molecular weight excluding hydrogens is 310 g/mol. The van der Waals surface area contributed by atoms with Crippen molar-refractivity contribution in [1.82, 2.24) is 10.2 Å². The van der Waals surface area contributed by atoms with E-state index in [-0.39, 0.29) is 10.6 Å². The van der Waals surface area contributed by atoms with E-state index in [0.717, 1.165) is 18.5 Å². The Labute approximate surface area is 122 Å². The van der Waals surface area contributed by atoms with Crippen molar-refractivity contribution in [3.63, 3.8) is 0 Å². The summed E-state index contributed by atoms with van der Waals surface area (Å²) in [5, 5.41) is 14.2. The molecule has 0 heterocycles. The van der Waals surface area contributed by atoms with Gasteiger partial charge in [-0.2, -0.15) is 0 Å². The molecule has 106 valence electrons. The summed E-state index contributed by atoms with van der Waals surface area (Å²) in [5.74, 6) is 0. The molecule has 19 heavy (non-hydrogen) atoms. The second kappa shape index (κ2) is 7.57. The minimum Gasteiger partial charge on any atom is -0.310 e. The number of benzene rings is 1. The van der Waals surface area contributed by atoms with Gasteiger partial charge in [-0.1, -0.05) is 12.1 Å². The van der Waals surface area contributed by atoms with Crippen LogP contribution in [-0.2, 0) is 6.54 Å². The van der Waals surface area contributed by atoms with E-state index in [1.165, 1.54) is 6.07 Å². The lowest BCUT2D eigenvalue weighted by Crippen LogP contribution is -2.29. The Hall–Kier alpha value is -0.980. The molecule has 0 bridgehead atoms. The van der Waals surface area contributed by atoms with Crippen LogP contribution in [-0.4, -0.2) is 36.5 Å².